The zero-order valence-electron chi connectivity index (χ0n) is 15.2. The van der Waals surface area contributed by atoms with E-state index in [0.29, 0.717) is 12.4 Å². The summed E-state index contributed by atoms with van der Waals surface area (Å²) in [5, 5.41) is 18.5. The van der Waals surface area contributed by atoms with Gasteiger partial charge in [0, 0.05) is 36.0 Å². The third-order valence-corrected chi connectivity index (χ3v) is 4.41. The quantitative estimate of drug-likeness (QED) is 0.511. The molecule has 0 aliphatic carbocycles. The number of aryl methyl sites for hydroxylation is 1. The molecule has 4 heterocycles. The van der Waals surface area contributed by atoms with E-state index in [9.17, 15) is 5.26 Å². The number of hydrogen-bond acceptors (Lipinski definition) is 6. The molecule has 136 valence electrons. The molecular weight excluding hydrogens is 342 g/mol. The van der Waals surface area contributed by atoms with E-state index in [1.807, 2.05) is 26.4 Å². The van der Waals surface area contributed by atoms with Crippen molar-refractivity contribution in [1.29, 1.82) is 5.26 Å². The molecule has 0 aliphatic rings. The molecule has 0 saturated heterocycles. The molecule has 27 heavy (non-hydrogen) atoms. The molecule has 0 aromatic carbocycles. The van der Waals surface area contributed by atoms with Crippen molar-refractivity contribution in [2.24, 2.45) is 7.05 Å². The van der Waals surface area contributed by atoms with Crippen LogP contribution >= 0.6 is 0 Å². The van der Waals surface area contributed by atoms with Crippen LogP contribution in [0.5, 0.6) is 5.75 Å². The number of fused-ring (bicyclic) bond motifs is 3. The number of nitriles is 1. The van der Waals surface area contributed by atoms with Gasteiger partial charge in [0.05, 0.1) is 29.9 Å². The fraction of sp³-hybridized carbons (Fsp3) is 0.263. The van der Waals surface area contributed by atoms with Crippen LogP contribution in [0.2, 0.25) is 0 Å². The second-order valence-electron chi connectivity index (χ2n) is 6.29. The van der Waals surface area contributed by atoms with Crippen LogP contribution < -0.4 is 10.1 Å². The molecule has 4 aromatic rings. The maximum atomic E-state index is 9.48. The van der Waals surface area contributed by atoms with Crippen LogP contribution in [0.15, 0.2) is 30.9 Å². The summed E-state index contributed by atoms with van der Waals surface area (Å²) < 4.78 is 7.72. The van der Waals surface area contributed by atoms with E-state index < -0.39 is 0 Å². The summed E-state index contributed by atoms with van der Waals surface area (Å²) in [6.07, 6.45) is 8.03. The van der Waals surface area contributed by atoms with E-state index in [2.05, 4.69) is 31.4 Å². The number of aromatic amines is 1. The first-order valence-corrected chi connectivity index (χ1v) is 8.68. The summed E-state index contributed by atoms with van der Waals surface area (Å²) in [6.45, 7) is 1.34. The van der Waals surface area contributed by atoms with Crippen molar-refractivity contribution in [2.75, 3.05) is 20.2 Å². The van der Waals surface area contributed by atoms with Crippen molar-refractivity contribution in [2.45, 2.75) is 6.42 Å². The molecule has 0 saturated carbocycles. The van der Waals surface area contributed by atoms with Crippen molar-refractivity contribution in [3.8, 4) is 22.9 Å². The Kier molecular flexibility index (Phi) is 4.44. The number of rotatable bonds is 6. The van der Waals surface area contributed by atoms with Gasteiger partial charge in [-0.05, 0) is 26.1 Å². The fourth-order valence-electron chi connectivity index (χ4n) is 3.11. The molecule has 0 radical (unpaired) electrons. The lowest BCUT2D eigenvalue weighted by Crippen LogP contribution is -2.12. The maximum Gasteiger partial charge on any atom is 0.183 e. The fourth-order valence-corrected chi connectivity index (χ4v) is 3.11. The largest absolute Gasteiger partial charge is 0.490 e. The highest BCUT2D eigenvalue weighted by atomic mass is 16.5. The minimum atomic E-state index is 0.277. The predicted molar refractivity (Wildman–Crippen MR) is 102 cm³/mol. The average Bonchev–Trinajstić information content (AvgIpc) is 3.28. The summed E-state index contributed by atoms with van der Waals surface area (Å²) in [7, 11) is 3.78. The monoisotopic (exact) mass is 361 g/mol. The van der Waals surface area contributed by atoms with E-state index in [1.165, 1.54) is 0 Å². The lowest BCUT2D eigenvalue weighted by molar-refractivity contribution is 0.311. The van der Waals surface area contributed by atoms with Gasteiger partial charge in [-0.1, -0.05) is 0 Å². The standard InChI is InChI=1S/C19H19N7O/c1-21-4-3-5-27-18-15(7-20)22-10-16-17(18)14-6-12(8-23-19(14)25-16)13-9-24-26(2)11-13/h6,8-11,21H,3-5H2,1-2H3,(H,23,25). The summed E-state index contributed by atoms with van der Waals surface area (Å²) in [5.41, 5.74) is 3.73. The summed E-state index contributed by atoms with van der Waals surface area (Å²) in [5.74, 6) is 0.502. The van der Waals surface area contributed by atoms with Crippen LogP contribution in [0.25, 0.3) is 33.1 Å². The third-order valence-electron chi connectivity index (χ3n) is 4.41. The predicted octanol–water partition coefficient (Wildman–Crippen LogP) is 2.37. The molecule has 0 fully saturated rings. The van der Waals surface area contributed by atoms with Crippen LogP contribution in [0.1, 0.15) is 12.1 Å². The molecule has 4 rings (SSSR count). The van der Waals surface area contributed by atoms with Crippen molar-refractivity contribution in [3.63, 3.8) is 0 Å². The topological polar surface area (TPSA) is 104 Å². The Hall–Kier alpha value is -3.44. The molecule has 4 aromatic heterocycles. The highest BCUT2D eigenvalue weighted by Crippen LogP contribution is 2.35. The number of aromatic nitrogens is 5. The van der Waals surface area contributed by atoms with Gasteiger partial charge in [-0.2, -0.15) is 10.4 Å². The van der Waals surface area contributed by atoms with Gasteiger partial charge in [-0.3, -0.25) is 4.68 Å². The molecular formula is C19H19N7O. The van der Waals surface area contributed by atoms with Crippen molar-refractivity contribution in [3.05, 3.63) is 36.5 Å². The van der Waals surface area contributed by atoms with Crippen LogP contribution in [-0.2, 0) is 7.05 Å². The van der Waals surface area contributed by atoms with E-state index in [-0.39, 0.29) is 5.69 Å². The van der Waals surface area contributed by atoms with Gasteiger partial charge in [0.15, 0.2) is 11.4 Å². The van der Waals surface area contributed by atoms with Gasteiger partial charge in [-0.15, -0.1) is 0 Å². The number of nitrogens with zero attached hydrogens (tertiary/aromatic N) is 5. The van der Waals surface area contributed by atoms with Crippen LogP contribution in [0.3, 0.4) is 0 Å². The van der Waals surface area contributed by atoms with Crippen LogP contribution in [-0.4, -0.2) is 44.9 Å². The SMILES string of the molecule is CNCCCOc1c(C#N)ncc2[nH]c3ncc(-c4cnn(C)c4)cc3c12. The molecule has 2 N–H and O–H groups in total. The highest BCUT2D eigenvalue weighted by molar-refractivity contribution is 6.10. The van der Waals surface area contributed by atoms with Gasteiger partial charge >= 0.3 is 0 Å². The first-order valence-electron chi connectivity index (χ1n) is 8.68. The number of ether oxygens (including phenoxy) is 1. The Bertz CT molecular complexity index is 1150. The molecule has 8 nitrogen and oxygen atoms in total. The minimum Gasteiger partial charge on any atom is -0.490 e. The van der Waals surface area contributed by atoms with E-state index >= 15 is 0 Å². The molecule has 0 unspecified atom stereocenters. The first kappa shape index (κ1) is 17.0. The summed E-state index contributed by atoms with van der Waals surface area (Å²) in [6, 6.07) is 4.17. The maximum absolute atomic E-state index is 9.48. The average molecular weight is 361 g/mol. The van der Waals surface area contributed by atoms with E-state index in [4.69, 9.17) is 4.74 Å². The zero-order valence-corrected chi connectivity index (χ0v) is 15.2. The molecule has 0 spiro atoms. The van der Waals surface area contributed by atoms with Crippen LogP contribution in [0, 0.1) is 11.3 Å². The molecule has 0 amide bonds. The third kappa shape index (κ3) is 3.09. The van der Waals surface area contributed by atoms with Gasteiger partial charge in [0.2, 0.25) is 0 Å². The van der Waals surface area contributed by atoms with E-state index in [1.54, 1.807) is 23.3 Å². The highest BCUT2D eigenvalue weighted by Gasteiger charge is 2.17. The Balaban J connectivity index is 1.87. The van der Waals surface area contributed by atoms with Crippen LogP contribution in [0.4, 0.5) is 0 Å². The second-order valence-corrected chi connectivity index (χ2v) is 6.29. The molecule has 0 bridgehead atoms. The molecule has 0 aliphatic heterocycles. The van der Waals surface area contributed by atoms with Gasteiger partial charge in [0.25, 0.3) is 0 Å². The van der Waals surface area contributed by atoms with Crippen molar-refractivity contribution < 1.29 is 4.74 Å². The van der Waals surface area contributed by atoms with Crippen molar-refractivity contribution >= 4 is 21.9 Å². The lowest BCUT2D eigenvalue weighted by atomic mass is 10.1. The smallest absolute Gasteiger partial charge is 0.183 e. The Labute approximate surface area is 155 Å². The summed E-state index contributed by atoms with van der Waals surface area (Å²) in [4.78, 5) is 12.0. The lowest BCUT2D eigenvalue weighted by Gasteiger charge is -2.09. The number of nitrogens with one attached hydrogen (secondary N) is 2. The Morgan fingerprint density at radius 2 is 2.15 bits per heavy atom. The normalized spacial score (nSPS) is 11.1. The number of hydrogen-bond donors (Lipinski definition) is 2. The number of pyridine rings is 2. The Morgan fingerprint density at radius 3 is 2.89 bits per heavy atom. The molecule has 0 atom stereocenters. The minimum absolute atomic E-state index is 0.277. The van der Waals surface area contributed by atoms with Gasteiger partial charge in [0.1, 0.15) is 11.7 Å². The van der Waals surface area contributed by atoms with Gasteiger partial charge < -0.3 is 15.0 Å². The summed E-state index contributed by atoms with van der Waals surface area (Å²) >= 11 is 0. The zero-order chi connectivity index (χ0) is 18.8. The Morgan fingerprint density at radius 1 is 1.26 bits per heavy atom. The first-order chi connectivity index (χ1) is 13.2. The molecule has 8 heteroatoms. The second kappa shape index (κ2) is 7.05. The van der Waals surface area contributed by atoms with Crippen molar-refractivity contribution in [1.82, 2.24) is 30.0 Å². The van der Waals surface area contributed by atoms with Gasteiger partial charge in [-0.25, -0.2) is 9.97 Å². The van der Waals surface area contributed by atoms with E-state index in [0.717, 1.165) is 46.0 Å². The number of H-pyrrole nitrogens is 1.